The van der Waals surface area contributed by atoms with E-state index in [1.807, 2.05) is 62.3 Å². The molecular formula is C16H20N2O2. The molecule has 1 unspecified atom stereocenters. The lowest BCUT2D eigenvalue weighted by Gasteiger charge is -2.14. The first-order chi connectivity index (χ1) is 9.56. The maximum atomic E-state index is 12.1. The summed E-state index contributed by atoms with van der Waals surface area (Å²) in [6.07, 6.45) is 2.33. The van der Waals surface area contributed by atoms with Crippen LogP contribution in [0.25, 0.3) is 0 Å². The van der Waals surface area contributed by atoms with Crippen molar-refractivity contribution in [3.8, 4) is 0 Å². The highest BCUT2D eigenvalue weighted by atomic mass is 16.3. The van der Waals surface area contributed by atoms with E-state index in [-0.39, 0.29) is 11.9 Å². The van der Waals surface area contributed by atoms with Gasteiger partial charge in [-0.25, -0.2) is 0 Å². The SMILES string of the molecule is CC(Cc1ccco1)NC(=O)c1ccc(N(C)C)cc1. The van der Waals surface area contributed by atoms with Gasteiger partial charge in [0.25, 0.3) is 5.91 Å². The van der Waals surface area contributed by atoms with Gasteiger partial charge >= 0.3 is 0 Å². The van der Waals surface area contributed by atoms with Crippen molar-refractivity contribution in [1.82, 2.24) is 5.32 Å². The van der Waals surface area contributed by atoms with E-state index in [0.717, 1.165) is 11.4 Å². The fraction of sp³-hybridized carbons (Fsp3) is 0.312. The number of anilines is 1. The summed E-state index contributed by atoms with van der Waals surface area (Å²) in [6.45, 7) is 1.97. The first-order valence-electron chi connectivity index (χ1n) is 6.67. The van der Waals surface area contributed by atoms with E-state index in [4.69, 9.17) is 4.42 Å². The molecule has 4 heteroatoms. The smallest absolute Gasteiger partial charge is 0.251 e. The summed E-state index contributed by atoms with van der Waals surface area (Å²) in [5.41, 5.74) is 1.74. The van der Waals surface area contributed by atoms with Gasteiger partial charge < -0.3 is 14.6 Å². The highest BCUT2D eigenvalue weighted by Crippen LogP contribution is 2.12. The van der Waals surface area contributed by atoms with E-state index in [1.54, 1.807) is 6.26 Å². The minimum atomic E-state index is -0.0608. The first kappa shape index (κ1) is 14.2. The third-order valence-corrected chi connectivity index (χ3v) is 3.11. The van der Waals surface area contributed by atoms with Crippen LogP contribution in [0.3, 0.4) is 0 Å². The summed E-state index contributed by atoms with van der Waals surface area (Å²) in [4.78, 5) is 14.1. The zero-order valence-corrected chi connectivity index (χ0v) is 12.1. The molecule has 2 rings (SSSR count). The predicted molar refractivity (Wildman–Crippen MR) is 80.1 cm³/mol. The Kier molecular flexibility index (Phi) is 4.45. The van der Waals surface area contributed by atoms with Crippen LogP contribution in [0, 0.1) is 0 Å². The van der Waals surface area contributed by atoms with Gasteiger partial charge in [-0.1, -0.05) is 0 Å². The molecule has 1 heterocycles. The molecule has 1 atom stereocenters. The van der Waals surface area contributed by atoms with Crippen molar-refractivity contribution in [2.45, 2.75) is 19.4 Å². The Labute approximate surface area is 119 Å². The summed E-state index contributed by atoms with van der Waals surface area (Å²) in [5.74, 6) is 0.815. The molecule has 0 saturated heterocycles. The normalized spacial score (nSPS) is 11.9. The Bertz CT molecular complexity index is 544. The zero-order chi connectivity index (χ0) is 14.5. The number of benzene rings is 1. The topological polar surface area (TPSA) is 45.5 Å². The second-order valence-electron chi connectivity index (χ2n) is 5.10. The molecule has 0 bridgehead atoms. The van der Waals surface area contributed by atoms with Gasteiger partial charge in [0, 0.05) is 37.8 Å². The number of furan rings is 1. The van der Waals surface area contributed by atoms with E-state index in [9.17, 15) is 4.79 Å². The molecule has 1 N–H and O–H groups in total. The van der Waals surface area contributed by atoms with Gasteiger partial charge in [0.15, 0.2) is 0 Å². The van der Waals surface area contributed by atoms with Crippen molar-refractivity contribution in [1.29, 1.82) is 0 Å². The van der Waals surface area contributed by atoms with Gasteiger partial charge in [-0.2, -0.15) is 0 Å². The molecule has 20 heavy (non-hydrogen) atoms. The Balaban J connectivity index is 1.93. The molecule has 4 nitrogen and oxygen atoms in total. The Morgan fingerprint density at radius 3 is 2.50 bits per heavy atom. The molecule has 0 aliphatic heterocycles. The fourth-order valence-electron chi connectivity index (χ4n) is 2.00. The lowest BCUT2D eigenvalue weighted by molar-refractivity contribution is 0.0939. The van der Waals surface area contributed by atoms with Crippen molar-refractivity contribution < 1.29 is 9.21 Å². The summed E-state index contributed by atoms with van der Waals surface area (Å²) in [7, 11) is 3.95. The van der Waals surface area contributed by atoms with E-state index in [1.165, 1.54) is 0 Å². The van der Waals surface area contributed by atoms with Crippen LogP contribution in [0.5, 0.6) is 0 Å². The van der Waals surface area contributed by atoms with Crippen LogP contribution in [0.2, 0.25) is 0 Å². The van der Waals surface area contributed by atoms with Crippen LogP contribution in [-0.2, 0) is 6.42 Å². The first-order valence-corrected chi connectivity index (χ1v) is 6.67. The molecule has 0 radical (unpaired) electrons. The maximum Gasteiger partial charge on any atom is 0.251 e. The third-order valence-electron chi connectivity index (χ3n) is 3.11. The average molecular weight is 272 g/mol. The van der Waals surface area contributed by atoms with Gasteiger partial charge in [0.1, 0.15) is 5.76 Å². The Hall–Kier alpha value is -2.23. The van der Waals surface area contributed by atoms with Gasteiger partial charge in [-0.3, -0.25) is 4.79 Å². The molecule has 106 valence electrons. The average Bonchev–Trinajstić information content (AvgIpc) is 2.91. The summed E-state index contributed by atoms with van der Waals surface area (Å²) < 4.78 is 5.28. The zero-order valence-electron chi connectivity index (χ0n) is 12.1. The molecule has 0 aliphatic carbocycles. The molecule has 1 amide bonds. The molecule has 0 spiro atoms. The molecule has 2 aromatic rings. The summed E-state index contributed by atoms with van der Waals surface area (Å²) >= 11 is 0. The van der Waals surface area contributed by atoms with Crippen LogP contribution < -0.4 is 10.2 Å². The number of carbonyl (C=O) groups excluding carboxylic acids is 1. The van der Waals surface area contributed by atoms with Gasteiger partial charge in [0.05, 0.1) is 6.26 Å². The molecule has 1 aromatic heterocycles. The number of nitrogens with one attached hydrogen (secondary N) is 1. The van der Waals surface area contributed by atoms with Crippen molar-refractivity contribution >= 4 is 11.6 Å². The fourth-order valence-corrected chi connectivity index (χ4v) is 2.00. The van der Waals surface area contributed by atoms with Crippen LogP contribution >= 0.6 is 0 Å². The number of hydrogen-bond donors (Lipinski definition) is 1. The minimum absolute atomic E-state index is 0.0298. The van der Waals surface area contributed by atoms with Crippen LogP contribution in [0.4, 0.5) is 5.69 Å². The number of rotatable bonds is 5. The van der Waals surface area contributed by atoms with E-state index in [2.05, 4.69) is 5.32 Å². The van der Waals surface area contributed by atoms with Gasteiger partial charge in [0.2, 0.25) is 0 Å². The highest BCUT2D eigenvalue weighted by molar-refractivity contribution is 5.94. The standard InChI is InChI=1S/C16H20N2O2/c1-12(11-15-5-4-10-20-15)17-16(19)13-6-8-14(9-7-13)18(2)3/h4-10,12H,11H2,1-3H3,(H,17,19). The number of carbonyl (C=O) groups is 1. The van der Waals surface area contributed by atoms with Crippen LogP contribution in [0.1, 0.15) is 23.0 Å². The van der Waals surface area contributed by atoms with E-state index in [0.29, 0.717) is 12.0 Å². The second kappa shape index (κ2) is 6.28. The Morgan fingerprint density at radius 2 is 1.95 bits per heavy atom. The summed E-state index contributed by atoms with van der Waals surface area (Å²) in [5, 5.41) is 2.97. The molecule has 0 fully saturated rings. The van der Waals surface area contributed by atoms with E-state index >= 15 is 0 Å². The van der Waals surface area contributed by atoms with Gasteiger partial charge in [-0.05, 0) is 43.3 Å². The van der Waals surface area contributed by atoms with Crippen LogP contribution in [0.15, 0.2) is 47.1 Å². The van der Waals surface area contributed by atoms with Crippen molar-refractivity contribution in [2.24, 2.45) is 0 Å². The highest BCUT2D eigenvalue weighted by Gasteiger charge is 2.11. The monoisotopic (exact) mass is 272 g/mol. The van der Waals surface area contributed by atoms with Crippen molar-refractivity contribution in [3.05, 3.63) is 54.0 Å². The summed E-state index contributed by atoms with van der Waals surface area (Å²) in [6, 6.07) is 11.3. The number of amides is 1. The van der Waals surface area contributed by atoms with Gasteiger partial charge in [-0.15, -0.1) is 0 Å². The quantitative estimate of drug-likeness (QED) is 0.910. The predicted octanol–water partition coefficient (Wildman–Crippen LogP) is 2.71. The van der Waals surface area contributed by atoms with Crippen LogP contribution in [-0.4, -0.2) is 26.0 Å². The molecule has 0 saturated carbocycles. The van der Waals surface area contributed by atoms with Crippen molar-refractivity contribution in [3.63, 3.8) is 0 Å². The van der Waals surface area contributed by atoms with Crippen molar-refractivity contribution in [2.75, 3.05) is 19.0 Å². The molecular weight excluding hydrogens is 252 g/mol. The largest absolute Gasteiger partial charge is 0.469 e. The maximum absolute atomic E-state index is 12.1. The number of hydrogen-bond acceptors (Lipinski definition) is 3. The lowest BCUT2D eigenvalue weighted by Crippen LogP contribution is -2.34. The van der Waals surface area contributed by atoms with E-state index < -0.39 is 0 Å². The molecule has 0 aliphatic rings. The molecule has 1 aromatic carbocycles. The number of nitrogens with zero attached hydrogens (tertiary/aromatic N) is 1. The Morgan fingerprint density at radius 1 is 1.25 bits per heavy atom. The lowest BCUT2D eigenvalue weighted by atomic mass is 10.1. The third kappa shape index (κ3) is 3.63. The second-order valence-corrected chi connectivity index (χ2v) is 5.10. The minimum Gasteiger partial charge on any atom is -0.469 e.